The van der Waals surface area contributed by atoms with Crippen LogP contribution >= 0.6 is 11.3 Å². The maximum absolute atomic E-state index is 11.5. The summed E-state index contributed by atoms with van der Waals surface area (Å²) in [5, 5.41) is 16.2. The van der Waals surface area contributed by atoms with Crippen LogP contribution in [-0.2, 0) is 6.42 Å². The van der Waals surface area contributed by atoms with E-state index < -0.39 is 6.10 Å². The van der Waals surface area contributed by atoms with Gasteiger partial charge in [0, 0.05) is 27.6 Å². The van der Waals surface area contributed by atoms with Crippen molar-refractivity contribution in [3.63, 3.8) is 0 Å². The molecule has 0 amide bonds. The Labute approximate surface area is 211 Å². The van der Waals surface area contributed by atoms with Crippen molar-refractivity contribution in [2.75, 3.05) is 20.3 Å². The lowest BCUT2D eigenvalue weighted by atomic mass is 9.96. The number of benzene rings is 3. The maximum atomic E-state index is 11.5. The quantitative estimate of drug-likeness (QED) is 0.283. The number of ether oxygens (including phenoxy) is 2. The zero-order chi connectivity index (χ0) is 24.0. The van der Waals surface area contributed by atoms with E-state index in [0.29, 0.717) is 12.6 Å². The number of aliphatic hydroxyl groups is 1. The Hall–Kier alpha value is -2.86. The van der Waals surface area contributed by atoms with E-state index in [2.05, 4.69) is 41.7 Å². The Morgan fingerprint density at radius 2 is 1.80 bits per heavy atom. The SMILES string of the molecule is COc1ccc2c(C(O)c3ccc(OCCC4CCCCN4)cc3)c(Cc3ccccc3)sc2c1. The molecule has 0 saturated carbocycles. The number of nitrogens with one attached hydrogen (secondary N) is 1. The molecule has 182 valence electrons. The second-order valence-corrected chi connectivity index (χ2v) is 10.4. The van der Waals surface area contributed by atoms with Gasteiger partial charge in [0.15, 0.2) is 0 Å². The van der Waals surface area contributed by atoms with Crippen LogP contribution in [0.15, 0.2) is 72.8 Å². The minimum Gasteiger partial charge on any atom is -0.497 e. The molecule has 1 saturated heterocycles. The zero-order valence-electron chi connectivity index (χ0n) is 20.2. The van der Waals surface area contributed by atoms with E-state index in [1.807, 2.05) is 36.4 Å². The van der Waals surface area contributed by atoms with Crippen LogP contribution in [0.3, 0.4) is 0 Å². The van der Waals surface area contributed by atoms with Gasteiger partial charge in [0.1, 0.15) is 17.6 Å². The van der Waals surface area contributed by atoms with Gasteiger partial charge in [0.25, 0.3) is 0 Å². The molecule has 1 aliphatic rings. The van der Waals surface area contributed by atoms with E-state index in [9.17, 15) is 5.11 Å². The number of hydrogen-bond donors (Lipinski definition) is 2. The van der Waals surface area contributed by atoms with E-state index in [4.69, 9.17) is 9.47 Å². The van der Waals surface area contributed by atoms with E-state index in [0.717, 1.165) is 52.1 Å². The van der Waals surface area contributed by atoms with E-state index in [1.165, 1.54) is 29.7 Å². The second kappa shape index (κ2) is 11.3. The topological polar surface area (TPSA) is 50.7 Å². The van der Waals surface area contributed by atoms with E-state index in [-0.39, 0.29) is 0 Å². The number of rotatable bonds is 9. The van der Waals surface area contributed by atoms with Gasteiger partial charge in [0.05, 0.1) is 13.7 Å². The maximum Gasteiger partial charge on any atom is 0.120 e. The van der Waals surface area contributed by atoms with Gasteiger partial charge >= 0.3 is 0 Å². The number of methoxy groups -OCH3 is 1. The van der Waals surface area contributed by atoms with Crippen LogP contribution in [0.2, 0.25) is 0 Å². The molecule has 35 heavy (non-hydrogen) atoms. The highest BCUT2D eigenvalue weighted by Gasteiger charge is 2.22. The fourth-order valence-electron chi connectivity index (χ4n) is 4.89. The number of aliphatic hydroxyl groups excluding tert-OH is 1. The molecule has 1 aliphatic heterocycles. The third-order valence-corrected chi connectivity index (χ3v) is 8.01. The molecule has 3 aromatic carbocycles. The first-order valence-corrected chi connectivity index (χ1v) is 13.3. The molecular formula is C30H33NO3S. The van der Waals surface area contributed by atoms with Gasteiger partial charge in [-0.3, -0.25) is 0 Å². The van der Waals surface area contributed by atoms with Gasteiger partial charge in [0.2, 0.25) is 0 Å². The predicted octanol–water partition coefficient (Wildman–Crippen LogP) is 6.49. The van der Waals surface area contributed by atoms with Gasteiger partial charge in [-0.1, -0.05) is 48.9 Å². The van der Waals surface area contributed by atoms with Crippen molar-refractivity contribution in [1.82, 2.24) is 5.32 Å². The number of fused-ring (bicyclic) bond motifs is 1. The molecule has 2 heterocycles. The summed E-state index contributed by atoms with van der Waals surface area (Å²) < 4.78 is 12.6. The summed E-state index contributed by atoms with van der Waals surface area (Å²) in [5.74, 6) is 1.68. The summed E-state index contributed by atoms with van der Waals surface area (Å²) in [6, 6.07) is 25.0. The number of piperidine rings is 1. The van der Waals surface area contributed by atoms with E-state index in [1.54, 1.807) is 18.4 Å². The average molecular weight is 488 g/mol. The van der Waals surface area contributed by atoms with Crippen molar-refractivity contribution in [2.45, 2.75) is 44.2 Å². The van der Waals surface area contributed by atoms with Crippen molar-refractivity contribution in [2.24, 2.45) is 0 Å². The van der Waals surface area contributed by atoms with Gasteiger partial charge in [-0.05, 0) is 72.7 Å². The lowest BCUT2D eigenvalue weighted by molar-refractivity contribution is 0.221. The highest BCUT2D eigenvalue weighted by atomic mass is 32.1. The van der Waals surface area contributed by atoms with Crippen molar-refractivity contribution in [3.8, 4) is 11.5 Å². The minimum absolute atomic E-state index is 0.568. The highest BCUT2D eigenvalue weighted by molar-refractivity contribution is 7.19. The molecule has 2 atom stereocenters. The predicted molar refractivity (Wildman–Crippen MR) is 144 cm³/mol. The lowest BCUT2D eigenvalue weighted by Crippen LogP contribution is -2.35. The average Bonchev–Trinajstić information content (AvgIpc) is 3.26. The van der Waals surface area contributed by atoms with Crippen molar-refractivity contribution in [1.29, 1.82) is 0 Å². The molecule has 1 aromatic heterocycles. The summed E-state index contributed by atoms with van der Waals surface area (Å²) in [5.41, 5.74) is 3.08. The third kappa shape index (κ3) is 5.69. The van der Waals surface area contributed by atoms with Gasteiger partial charge in [-0.25, -0.2) is 0 Å². The fraction of sp³-hybridized carbons (Fsp3) is 0.333. The van der Waals surface area contributed by atoms with Gasteiger partial charge < -0.3 is 19.9 Å². The molecular weight excluding hydrogens is 454 g/mol. The molecule has 5 rings (SSSR count). The minimum atomic E-state index is -0.712. The van der Waals surface area contributed by atoms with Crippen LogP contribution in [0.5, 0.6) is 11.5 Å². The van der Waals surface area contributed by atoms with Crippen molar-refractivity contribution >= 4 is 21.4 Å². The Kier molecular flexibility index (Phi) is 7.67. The first-order chi connectivity index (χ1) is 17.2. The first-order valence-electron chi connectivity index (χ1n) is 12.5. The number of thiophene rings is 1. The summed E-state index contributed by atoms with van der Waals surface area (Å²) in [7, 11) is 1.69. The third-order valence-electron chi connectivity index (χ3n) is 6.84. The smallest absolute Gasteiger partial charge is 0.120 e. The Morgan fingerprint density at radius 1 is 1.00 bits per heavy atom. The molecule has 0 bridgehead atoms. The van der Waals surface area contributed by atoms with Crippen LogP contribution in [0.4, 0.5) is 0 Å². The highest BCUT2D eigenvalue weighted by Crippen LogP contribution is 2.40. The van der Waals surface area contributed by atoms with Crippen LogP contribution in [0, 0.1) is 0 Å². The summed E-state index contributed by atoms with van der Waals surface area (Å²) in [4.78, 5) is 1.17. The Balaban J connectivity index is 1.36. The van der Waals surface area contributed by atoms with Crippen LogP contribution in [0.25, 0.3) is 10.1 Å². The van der Waals surface area contributed by atoms with Crippen molar-refractivity contribution in [3.05, 3.63) is 94.4 Å². The fourth-order valence-corrected chi connectivity index (χ4v) is 6.19. The second-order valence-electron chi connectivity index (χ2n) is 9.22. The summed E-state index contributed by atoms with van der Waals surface area (Å²) >= 11 is 1.73. The Morgan fingerprint density at radius 3 is 2.54 bits per heavy atom. The summed E-state index contributed by atoms with van der Waals surface area (Å²) in [6.07, 6.45) is 4.92. The molecule has 4 aromatic rings. The molecule has 4 nitrogen and oxygen atoms in total. The molecule has 0 aliphatic carbocycles. The number of hydrogen-bond acceptors (Lipinski definition) is 5. The molecule has 0 radical (unpaired) electrons. The monoisotopic (exact) mass is 487 g/mol. The van der Waals surface area contributed by atoms with Crippen molar-refractivity contribution < 1.29 is 14.6 Å². The van der Waals surface area contributed by atoms with Crippen LogP contribution in [-0.4, -0.2) is 31.4 Å². The standard InChI is InChI=1S/C30H33NO3S/c1-33-25-14-15-26-27(20-25)35-28(19-21-7-3-2-4-8-21)29(26)30(32)22-10-12-24(13-11-22)34-18-16-23-9-5-6-17-31-23/h2-4,7-8,10-15,20,23,30-32H,5-6,9,16-19H2,1H3. The largest absolute Gasteiger partial charge is 0.497 e. The molecule has 2 unspecified atom stereocenters. The summed E-state index contributed by atoms with van der Waals surface area (Å²) in [6.45, 7) is 1.82. The van der Waals surface area contributed by atoms with E-state index >= 15 is 0 Å². The molecule has 2 N–H and O–H groups in total. The van der Waals surface area contributed by atoms with Gasteiger partial charge in [-0.2, -0.15) is 0 Å². The molecule has 0 spiro atoms. The van der Waals surface area contributed by atoms with Gasteiger partial charge in [-0.15, -0.1) is 11.3 Å². The van der Waals surface area contributed by atoms with Crippen LogP contribution < -0.4 is 14.8 Å². The van der Waals surface area contributed by atoms with Crippen LogP contribution in [0.1, 0.15) is 53.4 Å². The molecule has 5 heteroatoms. The first kappa shape index (κ1) is 23.9. The zero-order valence-corrected chi connectivity index (χ0v) is 21.0. The lowest BCUT2D eigenvalue weighted by Gasteiger charge is -2.23. The Bertz CT molecular complexity index is 1230. The molecule has 1 fully saturated rings. The normalized spacial score (nSPS) is 16.8.